The van der Waals surface area contributed by atoms with Gasteiger partial charge in [0, 0.05) is 38.5 Å². The summed E-state index contributed by atoms with van der Waals surface area (Å²) in [4.78, 5) is 15.5. The van der Waals surface area contributed by atoms with Gasteiger partial charge in [0.1, 0.15) is 5.82 Å². The molecule has 3 aromatic heterocycles. The van der Waals surface area contributed by atoms with Gasteiger partial charge in [-0.1, -0.05) is 146 Å². The van der Waals surface area contributed by atoms with Crippen LogP contribution in [0.4, 0.5) is 0 Å². The molecule has 0 spiro atoms. The van der Waals surface area contributed by atoms with E-state index in [4.69, 9.17) is 15.0 Å². The van der Waals surface area contributed by atoms with E-state index in [1.807, 2.05) is 12.1 Å². The number of benzene rings is 8. The molecule has 0 N–H and O–H groups in total. The topological polar surface area (TPSA) is 43.6 Å². The van der Waals surface area contributed by atoms with Crippen LogP contribution in [-0.2, 0) is 0 Å². The fourth-order valence-corrected chi connectivity index (χ4v) is 8.07. The molecule has 4 heteroatoms. The highest BCUT2D eigenvalue weighted by Gasteiger charge is 2.16. The maximum absolute atomic E-state index is 5.29. The number of hydrogen-bond acceptors (Lipinski definition) is 3. The van der Waals surface area contributed by atoms with Gasteiger partial charge in [0.25, 0.3) is 0 Å². The highest BCUT2D eigenvalue weighted by molar-refractivity contribution is 6.16. The van der Waals surface area contributed by atoms with Crippen molar-refractivity contribution in [2.75, 3.05) is 0 Å². The molecule has 0 amide bonds. The SMILES string of the molecule is c1ccc(-c2c3ccccc3nc3c2ccc2ccc(-c4ccc5cc(-c6ccc(-n7c(-c8ccccc8)nc8ccccc87)cc6)ccc5c4)nc23)cc1. The highest BCUT2D eigenvalue weighted by atomic mass is 15.1. The summed E-state index contributed by atoms with van der Waals surface area (Å²) < 4.78 is 2.25. The van der Waals surface area contributed by atoms with Crippen LogP contribution in [0.15, 0.2) is 194 Å². The van der Waals surface area contributed by atoms with Crippen LogP contribution in [0.3, 0.4) is 0 Å². The van der Waals surface area contributed by atoms with Gasteiger partial charge >= 0.3 is 0 Å². The number of imidazole rings is 1. The minimum absolute atomic E-state index is 0.913. The van der Waals surface area contributed by atoms with E-state index in [0.717, 1.165) is 72.1 Å². The van der Waals surface area contributed by atoms with Crippen LogP contribution < -0.4 is 0 Å². The van der Waals surface area contributed by atoms with E-state index < -0.39 is 0 Å². The molecule has 0 atom stereocenters. The summed E-state index contributed by atoms with van der Waals surface area (Å²) in [5, 5.41) is 5.68. The molecule has 11 rings (SSSR count). The van der Waals surface area contributed by atoms with Crippen LogP contribution in [0.1, 0.15) is 0 Å². The molecule has 0 bridgehead atoms. The smallest absolute Gasteiger partial charge is 0.145 e. The normalized spacial score (nSPS) is 11.6. The van der Waals surface area contributed by atoms with Crippen molar-refractivity contribution in [1.29, 1.82) is 0 Å². The molecule has 0 aliphatic heterocycles. The van der Waals surface area contributed by atoms with Gasteiger partial charge in [0.2, 0.25) is 0 Å². The number of para-hydroxylation sites is 3. The van der Waals surface area contributed by atoms with Crippen molar-refractivity contribution >= 4 is 54.5 Å². The Labute approximate surface area is 317 Å². The van der Waals surface area contributed by atoms with E-state index in [1.54, 1.807) is 0 Å². The second-order valence-electron chi connectivity index (χ2n) is 14.0. The van der Waals surface area contributed by atoms with Gasteiger partial charge in [0.15, 0.2) is 0 Å². The maximum atomic E-state index is 5.29. The van der Waals surface area contributed by atoms with Crippen molar-refractivity contribution in [3.63, 3.8) is 0 Å². The second kappa shape index (κ2) is 12.6. The summed E-state index contributed by atoms with van der Waals surface area (Å²) in [6, 6.07) is 68.5. The first-order valence-electron chi connectivity index (χ1n) is 18.6. The summed E-state index contributed by atoms with van der Waals surface area (Å²) in [6.07, 6.45) is 0. The quantitative estimate of drug-likeness (QED) is 0.133. The molecular weight excluding hydrogens is 669 g/mol. The van der Waals surface area contributed by atoms with Gasteiger partial charge in [-0.05, 0) is 76.0 Å². The van der Waals surface area contributed by atoms with Crippen molar-refractivity contribution in [2.45, 2.75) is 0 Å². The molecule has 0 aliphatic rings. The first-order valence-corrected chi connectivity index (χ1v) is 18.6. The largest absolute Gasteiger partial charge is 0.292 e. The third kappa shape index (κ3) is 5.26. The molecular formula is C51H32N4. The van der Waals surface area contributed by atoms with Crippen LogP contribution in [0.25, 0.3) is 105 Å². The molecule has 0 fully saturated rings. The van der Waals surface area contributed by atoms with Gasteiger partial charge in [-0.25, -0.2) is 15.0 Å². The van der Waals surface area contributed by atoms with E-state index in [1.165, 1.54) is 33.0 Å². The van der Waals surface area contributed by atoms with Crippen LogP contribution in [-0.4, -0.2) is 19.5 Å². The van der Waals surface area contributed by atoms with E-state index in [9.17, 15) is 0 Å². The Balaban J connectivity index is 0.957. The lowest BCUT2D eigenvalue weighted by Gasteiger charge is -2.13. The third-order valence-electron chi connectivity index (χ3n) is 10.8. The van der Waals surface area contributed by atoms with Crippen molar-refractivity contribution in [1.82, 2.24) is 19.5 Å². The van der Waals surface area contributed by atoms with Gasteiger partial charge in [-0.3, -0.25) is 4.57 Å². The summed E-state index contributed by atoms with van der Waals surface area (Å²) >= 11 is 0. The van der Waals surface area contributed by atoms with E-state index in [0.29, 0.717) is 0 Å². The lowest BCUT2D eigenvalue weighted by Crippen LogP contribution is -1.97. The summed E-state index contributed by atoms with van der Waals surface area (Å²) in [7, 11) is 0. The number of nitrogens with zero attached hydrogens (tertiary/aromatic N) is 4. The number of pyridine rings is 2. The Morgan fingerprint density at radius 2 is 0.964 bits per heavy atom. The molecule has 4 nitrogen and oxygen atoms in total. The fraction of sp³-hybridized carbons (Fsp3) is 0. The Kier molecular flexibility index (Phi) is 7.14. The van der Waals surface area contributed by atoms with Crippen molar-refractivity contribution in [3.8, 4) is 50.6 Å². The minimum Gasteiger partial charge on any atom is -0.292 e. The summed E-state index contributed by atoms with van der Waals surface area (Å²) in [6.45, 7) is 0. The monoisotopic (exact) mass is 700 g/mol. The van der Waals surface area contributed by atoms with Gasteiger partial charge in [-0.2, -0.15) is 0 Å². The zero-order valence-electron chi connectivity index (χ0n) is 29.8. The molecule has 8 aromatic carbocycles. The lowest BCUT2D eigenvalue weighted by atomic mass is 9.95. The Morgan fingerprint density at radius 1 is 0.345 bits per heavy atom. The van der Waals surface area contributed by atoms with Crippen LogP contribution >= 0.6 is 0 Å². The first kappa shape index (κ1) is 31.1. The third-order valence-corrected chi connectivity index (χ3v) is 10.8. The Bertz CT molecular complexity index is 3240. The number of aromatic nitrogens is 4. The number of fused-ring (bicyclic) bond motifs is 6. The van der Waals surface area contributed by atoms with Crippen molar-refractivity contribution in [2.24, 2.45) is 0 Å². The molecule has 0 aliphatic carbocycles. The maximum Gasteiger partial charge on any atom is 0.145 e. The molecule has 0 saturated heterocycles. The van der Waals surface area contributed by atoms with E-state index >= 15 is 0 Å². The molecule has 55 heavy (non-hydrogen) atoms. The Morgan fingerprint density at radius 3 is 1.76 bits per heavy atom. The van der Waals surface area contributed by atoms with E-state index in [-0.39, 0.29) is 0 Å². The van der Waals surface area contributed by atoms with Crippen molar-refractivity contribution < 1.29 is 0 Å². The molecule has 0 unspecified atom stereocenters. The zero-order chi connectivity index (χ0) is 36.3. The first-order chi connectivity index (χ1) is 27.2. The molecule has 3 heterocycles. The predicted molar refractivity (Wildman–Crippen MR) is 228 cm³/mol. The minimum atomic E-state index is 0.913. The average molecular weight is 701 g/mol. The molecule has 0 radical (unpaired) electrons. The predicted octanol–water partition coefficient (Wildman–Crippen LogP) is 13.1. The van der Waals surface area contributed by atoms with Gasteiger partial charge in [-0.15, -0.1) is 0 Å². The summed E-state index contributed by atoms with van der Waals surface area (Å²) in [5.74, 6) is 0.937. The summed E-state index contributed by atoms with van der Waals surface area (Å²) in [5.41, 5.74) is 13.8. The average Bonchev–Trinajstić information content (AvgIpc) is 3.65. The van der Waals surface area contributed by atoms with Crippen LogP contribution in [0.2, 0.25) is 0 Å². The standard InChI is InChI=1S/C51H32N4/c1-3-11-34(12-4-1)48-42-15-7-8-16-45(42)53-50-43(48)29-25-35-26-30-44(52-49(35)50)40-22-21-38-31-37(19-20-39(38)32-40)33-23-27-41(28-24-33)55-47-18-10-9-17-46(47)54-51(55)36-13-5-2-6-14-36/h1-32H. The second-order valence-corrected chi connectivity index (χ2v) is 14.0. The number of rotatable bonds is 5. The van der Waals surface area contributed by atoms with Crippen LogP contribution in [0.5, 0.6) is 0 Å². The van der Waals surface area contributed by atoms with Gasteiger partial charge < -0.3 is 0 Å². The lowest BCUT2D eigenvalue weighted by molar-refractivity contribution is 1.10. The molecule has 0 saturated carbocycles. The van der Waals surface area contributed by atoms with E-state index in [2.05, 4.69) is 187 Å². The molecule has 256 valence electrons. The zero-order valence-corrected chi connectivity index (χ0v) is 29.8. The number of hydrogen-bond donors (Lipinski definition) is 0. The molecule has 11 aromatic rings. The van der Waals surface area contributed by atoms with Crippen LogP contribution in [0, 0.1) is 0 Å². The van der Waals surface area contributed by atoms with Crippen molar-refractivity contribution in [3.05, 3.63) is 194 Å². The Hall–Kier alpha value is -7.43. The highest BCUT2D eigenvalue weighted by Crippen LogP contribution is 2.38. The fourth-order valence-electron chi connectivity index (χ4n) is 8.07. The van der Waals surface area contributed by atoms with Gasteiger partial charge in [0.05, 0.1) is 33.3 Å².